The van der Waals surface area contributed by atoms with E-state index in [-0.39, 0.29) is 18.0 Å². The molecule has 2 N–H and O–H groups in total. The average Bonchev–Trinajstić information content (AvgIpc) is 3.62. The van der Waals surface area contributed by atoms with Crippen LogP contribution in [0.25, 0.3) is 16.6 Å². The number of rotatable bonds is 5. The number of nitrogens with one attached hydrogen (secondary N) is 1. The molecule has 0 radical (unpaired) electrons. The van der Waals surface area contributed by atoms with Crippen LogP contribution in [0.1, 0.15) is 13.3 Å². The fraction of sp³-hybridized carbons (Fsp3) is 0.280. The number of likely N-dealkylation sites (tertiary alicyclic amines) is 1. The van der Waals surface area contributed by atoms with Crippen LogP contribution in [0.4, 0.5) is 27.9 Å². The number of anilines is 4. The monoisotopic (exact) mass is 499 g/mol. The molecule has 0 unspecified atom stereocenters. The maximum Gasteiger partial charge on any atom is 0.407 e. The average molecular weight is 500 g/mol. The smallest absolute Gasteiger partial charge is 0.407 e. The highest BCUT2D eigenvalue weighted by atomic mass is 16.4. The number of benzene rings is 1. The minimum absolute atomic E-state index is 0.0223. The quantitative estimate of drug-likeness (QED) is 0.425. The van der Waals surface area contributed by atoms with Crippen LogP contribution in [-0.4, -0.2) is 79.0 Å². The van der Waals surface area contributed by atoms with Crippen molar-refractivity contribution in [1.82, 2.24) is 29.6 Å². The van der Waals surface area contributed by atoms with Crippen molar-refractivity contribution in [2.45, 2.75) is 25.4 Å². The van der Waals surface area contributed by atoms with Crippen LogP contribution in [-0.2, 0) is 4.79 Å². The first-order valence-electron chi connectivity index (χ1n) is 11.9. The molecule has 12 nitrogen and oxygen atoms in total. The lowest BCUT2D eigenvalue weighted by molar-refractivity contribution is -0.116. The summed E-state index contributed by atoms with van der Waals surface area (Å²) in [6.45, 7) is 2.61. The molecule has 37 heavy (non-hydrogen) atoms. The van der Waals surface area contributed by atoms with Crippen molar-refractivity contribution in [3.05, 3.63) is 55.1 Å². The van der Waals surface area contributed by atoms with Gasteiger partial charge >= 0.3 is 6.09 Å². The highest BCUT2D eigenvalue weighted by molar-refractivity contribution is 5.98. The number of pyridine rings is 1. The summed E-state index contributed by atoms with van der Waals surface area (Å²) in [7, 11) is 1.73. The minimum Gasteiger partial charge on any atom is -0.465 e. The summed E-state index contributed by atoms with van der Waals surface area (Å²) in [4.78, 5) is 41.8. The van der Waals surface area contributed by atoms with Crippen LogP contribution in [0, 0.1) is 0 Å². The summed E-state index contributed by atoms with van der Waals surface area (Å²) in [5.41, 5.74) is 2.34. The van der Waals surface area contributed by atoms with Gasteiger partial charge in [0, 0.05) is 62.8 Å². The molecule has 2 fully saturated rings. The number of piperazine rings is 1. The lowest BCUT2D eigenvalue weighted by Gasteiger charge is -2.33. The summed E-state index contributed by atoms with van der Waals surface area (Å²) < 4.78 is 1.81. The molecule has 2 aliphatic heterocycles. The number of carbonyl (C=O) groups is 2. The van der Waals surface area contributed by atoms with Crippen LogP contribution in [0.5, 0.6) is 0 Å². The van der Waals surface area contributed by atoms with Gasteiger partial charge in [0.15, 0.2) is 5.82 Å². The number of aromatic nitrogens is 5. The normalized spacial score (nSPS) is 18.4. The predicted molar refractivity (Wildman–Crippen MR) is 138 cm³/mol. The Hall–Kier alpha value is -4.74. The van der Waals surface area contributed by atoms with Crippen molar-refractivity contribution in [2.24, 2.45) is 0 Å². The number of hydrogen-bond donors (Lipinski definition) is 2. The zero-order valence-corrected chi connectivity index (χ0v) is 20.3. The maximum absolute atomic E-state index is 12.0. The van der Waals surface area contributed by atoms with Gasteiger partial charge in [0.25, 0.3) is 0 Å². The Labute approximate surface area is 212 Å². The number of amides is 2. The third-order valence-electron chi connectivity index (χ3n) is 7.09. The van der Waals surface area contributed by atoms with E-state index in [0.717, 1.165) is 34.5 Å². The van der Waals surface area contributed by atoms with Gasteiger partial charge < -0.3 is 25.1 Å². The Kier molecular flexibility index (Phi) is 5.36. The molecule has 2 atom stereocenters. The summed E-state index contributed by atoms with van der Waals surface area (Å²) >= 11 is 0. The molecule has 0 aliphatic carbocycles. The van der Waals surface area contributed by atoms with Gasteiger partial charge in [-0.25, -0.2) is 19.4 Å². The van der Waals surface area contributed by atoms with E-state index in [9.17, 15) is 14.7 Å². The third kappa shape index (κ3) is 3.96. The molecule has 6 rings (SSSR count). The summed E-state index contributed by atoms with van der Waals surface area (Å²) in [5, 5.41) is 18.4. The molecule has 1 aromatic carbocycles. The van der Waals surface area contributed by atoms with Crippen LogP contribution in [0.3, 0.4) is 0 Å². The van der Waals surface area contributed by atoms with Crippen LogP contribution < -0.4 is 15.1 Å². The first-order valence-corrected chi connectivity index (χ1v) is 11.9. The second-order valence-electron chi connectivity index (χ2n) is 9.26. The molecule has 5 heterocycles. The highest BCUT2D eigenvalue weighted by Gasteiger charge is 2.45. The van der Waals surface area contributed by atoms with E-state index in [1.54, 1.807) is 36.7 Å². The van der Waals surface area contributed by atoms with Crippen molar-refractivity contribution in [1.29, 1.82) is 0 Å². The van der Waals surface area contributed by atoms with E-state index in [2.05, 4.69) is 25.2 Å². The van der Waals surface area contributed by atoms with E-state index in [1.165, 1.54) is 11.8 Å². The third-order valence-corrected chi connectivity index (χ3v) is 7.09. The Balaban J connectivity index is 1.41. The van der Waals surface area contributed by atoms with Gasteiger partial charge in [-0.05, 0) is 30.7 Å². The number of hydrogen-bond acceptors (Lipinski definition) is 8. The van der Waals surface area contributed by atoms with Crippen molar-refractivity contribution < 1.29 is 14.7 Å². The highest BCUT2D eigenvalue weighted by Crippen LogP contribution is 2.35. The van der Waals surface area contributed by atoms with Crippen molar-refractivity contribution >= 4 is 46.0 Å². The standard InChI is InChI=1S/C25H25N9O3/c1-15(35)31(2)16-3-4-20-21(10-16)34(30-24(20)29-22-12-26-7-8-27-22)17-5-6-28-23(11-17)32-13-19-9-18(32)14-33(19)25(36)37/h3-8,10-12,18-19H,9,13-14H2,1-2H3,(H,36,37)(H,27,29,30)/t18-,19-/m0/s1. The summed E-state index contributed by atoms with van der Waals surface area (Å²) in [5.74, 6) is 1.86. The van der Waals surface area contributed by atoms with Gasteiger partial charge in [0.2, 0.25) is 5.91 Å². The largest absolute Gasteiger partial charge is 0.465 e. The molecule has 12 heteroatoms. The number of nitrogens with zero attached hydrogens (tertiary/aromatic N) is 8. The van der Waals surface area contributed by atoms with Gasteiger partial charge in [-0.15, -0.1) is 5.10 Å². The van der Waals surface area contributed by atoms with Crippen LogP contribution in [0.15, 0.2) is 55.1 Å². The topological polar surface area (TPSA) is 133 Å². The molecule has 2 amide bonds. The summed E-state index contributed by atoms with van der Waals surface area (Å²) in [6.07, 6.45) is 6.50. The fourth-order valence-corrected chi connectivity index (χ4v) is 5.15. The lowest BCUT2D eigenvalue weighted by atomic mass is 10.2. The van der Waals surface area contributed by atoms with E-state index in [0.29, 0.717) is 24.7 Å². The van der Waals surface area contributed by atoms with Gasteiger partial charge in [-0.1, -0.05) is 0 Å². The Morgan fingerprint density at radius 2 is 1.95 bits per heavy atom. The Bertz CT molecular complexity index is 1510. The SMILES string of the molecule is CC(=O)N(C)c1ccc2c(Nc3cnccn3)nn(-c3ccnc(N4C[C@@H]5C[C@H]4CN5C(=O)O)c3)c2c1. The van der Waals surface area contributed by atoms with Crippen molar-refractivity contribution in [3.8, 4) is 5.69 Å². The number of fused-ring (bicyclic) bond motifs is 3. The van der Waals surface area contributed by atoms with Gasteiger partial charge in [0.1, 0.15) is 11.6 Å². The molecule has 2 bridgehead atoms. The minimum atomic E-state index is -0.869. The zero-order valence-electron chi connectivity index (χ0n) is 20.3. The van der Waals surface area contributed by atoms with E-state index < -0.39 is 6.09 Å². The lowest BCUT2D eigenvalue weighted by Crippen LogP contribution is -2.48. The molecule has 0 spiro atoms. The van der Waals surface area contributed by atoms with Crippen molar-refractivity contribution in [3.63, 3.8) is 0 Å². The van der Waals surface area contributed by atoms with Gasteiger partial charge in [-0.2, -0.15) is 0 Å². The Morgan fingerprint density at radius 1 is 1.08 bits per heavy atom. The van der Waals surface area contributed by atoms with E-state index in [1.807, 2.05) is 35.0 Å². The second kappa shape index (κ2) is 8.73. The second-order valence-corrected chi connectivity index (χ2v) is 9.26. The predicted octanol–water partition coefficient (Wildman–Crippen LogP) is 2.88. The first kappa shape index (κ1) is 22.7. The van der Waals surface area contributed by atoms with E-state index in [4.69, 9.17) is 5.10 Å². The molecular weight excluding hydrogens is 474 g/mol. The molecular formula is C25H25N9O3. The summed E-state index contributed by atoms with van der Waals surface area (Å²) in [6, 6.07) is 9.65. The van der Waals surface area contributed by atoms with Crippen LogP contribution in [0.2, 0.25) is 0 Å². The van der Waals surface area contributed by atoms with Gasteiger partial charge in [0.05, 0.1) is 29.5 Å². The van der Waals surface area contributed by atoms with Crippen LogP contribution >= 0.6 is 0 Å². The van der Waals surface area contributed by atoms with E-state index >= 15 is 0 Å². The van der Waals surface area contributed by atoms with Crippen molar-refractivity contribution in [2.75, 3.05) is 35.3 Å². The maximum atomic E-state index is 12.0. The fourth-order valence-electron chi connectivity index (χ4n) is 5.15. The molecule has 2 aliphatic rings. The molecule has 0 saturated carbocycles. The number of carboxylic acid groups (broad SMARTS) is 1. The number of carbonyl (C=O) groups excluding carboxylic acids is 1. The molecule has 4 aromatic rings. The van der Waals surface area contributed by atoms with Gasteiger partial charge in [-0.3, -0.25) is 9.78 Å². The molecule has 2 saturated heterocycles. The molecule has 188 valence electrons. The molecule has 3 aromatic heterocycles. The zero-order chi connectivity index (χ0) is 25.7. The Morgan fingerprint density at radius 3 is 2.65 bits per heavy atom. The first-order chi connectivity index (χ1) is 17.9.